The molecule has 0 saturated carbocycles. The second-order valence-electron chi connectivity index (χ2n) is 4.83. The molecule has 1 aromatic rings. The quantitative estimate of drug-likeness (QED) is 0.611. The Hall–Kier alpha value is -2.45. The van der Waals surface area contributed by atoms with Gasteiger partial charge in [0.1, 0.15) is 12.4 Å². The number of carbonyl (C=O) groups is 1. The molecule has 0 aromatic carbocycles. The number of nitro groups is 1. The Balaban J connectivity index is 2.18. The Morgan fingerprint density at radius 2 is 2.00 bits per heavy atom. The Kier molecular flexibility index (Phi) is 4.51. The largest absolute Gasteiger partial charge is 0.367 e. The third-order valence-electron chi connectivity index (χ3n) is 3.38. The number of nitrogens with one attached hydrogen (secondary N) is 2. The highest BCUT2D eigenvalue weighted by Crippen LogP contribution is 2.29. The smallest absolute Gasteiger partial charge is 0.353 e. The summed E-state index contributed by atoms with van der Waals surface area (Å²) in [5.41, 5.74) is -0.263. The zero-order valence-corrected chi connectivity index (χ0v) is 12.0. The van der Waals surface area contributed by atoms with E-state index in [1.54, 1.807) is 11.8 Å². The number of anilines is 2. The first kappa shape index (κ1) is 14.9. The van der Waals surface area contributed by atoms with Crippen LogP contribution in [-0.2, 0) is 4.79 Å². The number of nitrogens with zero attached hydrogens (tertiary/aromatic N) is 4. The molecule has 1 aliphatic heterocycles. The van der Waals surface area contributed by atoms with Crippen LogP contribution in [0.15, 0.2) is 6.33 Å². The molecule has 1 aliphatic rings. The summed E-state index contributed by atoms with van der Waals surface area (Å²) in [5.74, 6) is 0.0733. The van der Waals surface area contributed by atoms with Crippen LogP contribution in [-0.4, -0.2) is 51.9 Å². The molecule has 0 bridgehead atoms. The molecule has 2 rings (SSSR count). The molecule has 21 heavy (non-hydrogen) atoms. The Morgan fingerprint density at radius 3 is 2.57 bits per heavy atom. The summed E-state index contributed by atoms with van der Waals surface area (Å²) >= 11 is 0. The predicted molar refractivity (Wildman–Crippen MR) is 77.1 cm³/mol. The molecule has 0 aliphatic carbocycles. The fourth-order valence-corrected chi connectivity index (χ4v) is 2.32. The molecular weight excluding hydrogens is 276 g/mol. The Bertz CT molecular complexity index is 544. The van der Waals surface area contributed by atoms with E-state index in [1.807, 2.05) is 0 Å². The molecule has 1 aromatic heterocycles. The van der Waals surface area contributed by atoms with Gasteiger partial charge in [0, 0.05) is 20.1 Å². The molecule has 114 valence electrons. The topological polar surface area (TPSA) is 113 Å². The van der Waals surface area contributed by atoms with Gasteiger partial charge in [0.05, 0.1) is 4.92 Å². The molecule has 0 radical (unpaired) electrons. The lowest BCUT2D eigenvalue weighted by atomic mass is 10.3. The van der Waals surface area contributed by atoms with E-state index >= 15 is 0 Å². The van der Waals surface area contributed by atoms with Gasteiger partial charge in [0.15, 0.2) is 0 Å². The van der Waals surface area contributed by atoms with Crippen molar-refractivity contribution in [2.75, 3.05) is 30.8 Å². The van der Waals surface area contributed by atoms with E-state index < -0.39 is 11.0 Å². The van der Waals surface area contributed by atoms with E-state index in [2.05, 4.69) is 20.6 Å². The van der Waals surface area contributed by atoms with E-state index in [-0.39, 0.29) is 23.2 Å². The van der Waals surface area contributed by atoms with E-state index in [9.17, 15) is 14.9 Å². The van der Waals surface area contributed by atoms with Crippen molar-refractivity contribution in [2.24, 2.45) is 0 Å². The summed E-state index contributed by atoms with van der Waals surface area (Å²) in [6.45, 7) is 3.14. The fourth-order valence-electron chi connectivity index (χ4n) is 2.32. The third kappa shape index (κ3) is 3.18. The van der Waals surface area contributed by atoms with Crippen LogP contribution in [0.4, 0.5) is 17.3 Å². The molecule has 0 spiro atoms. The highest BCUT2D eigenvalue weighted by atomic mass is 16.6. The lowest BCUT2D eigenvalue weighted by molar-refractivity contribution is -0.383. The van der Waals surface area contributed by atoms with E-state index in [0.29, 0.717) is 0 Å². The maximum absolute atomic E-state index is 12.2. The van der Waals surface area contributed by atoms with Gasteiger partial charge in [0.2, 0.25) is 17.5 Å². The summed E-state index contributed by atoms with van der Waals surface area (Å²) in [7, 11) is 1.54. The molecule has 2 N–H and O–H groups in total. The summed E-state index contributed by atoms with van der Waals surface area (Å²) in [4.78, 5) is 32.3. The minimum atomic E-state index is -0.582. The van der Waals surface area contributed by atoms with Gasteiger partial charge in [-0.25, -0.2) is 9.97 Å². The Labute approximate surface area is 121 Å². The van der Waals surface area contributed by atoms with Gasteiger partial charge in [0.25, 0.3) is 0 Å². The average Bonchev–Trinajstić information content (AvgIpc) is 2.99. The van der Waals surface area contributed by atoms with Crippen molar-refractivity contribution >= 4 is 23.2 Å². The molecule has 9 heteroatoms. The molecular formula is C12H18N6O3. The first-order valence-corrected chi connectivity index (χ1v) is 6.77. The fraction of sp³-hybridized carbons (Fsp3) is 0.583. The maximum atomic E-state index is 12.2. The second kappa shape index (κ2) is 6.33. The van der Waals surface area contributed by atoms with Crippen molar-refractivity contribution in [1.82, 2.24) is 14.9 Å². The monoisotopic (exact) mass is 294 g/mol. The normalized spacial score (nSPS) is 15.6. The standard InChI is InChI=1S/C12H18N6O3/c1-8(12(19)17-5-3-4-6-17)16-11-9(18(20)21)10(13-2)14-7-15-11/h7-8H,3-6H2,1-2H3,(H2,13,14,15,16). The number of hydrogen-bond acceptors (Lipinski definition) is 7. The van der Waals surface area contributed by atoms with Gasteiger partial charge >= 0.3 is 5.69 Å². The summed E-state index contributed by atoms with van der Waals surface area (Å²) in [6.07, 6.45) is 3.21. The van der Waals surface area contributed by atoms with Crippen LogP contribution >= 0.6 is 0 Å². The zero-order chi connectivity index (χ0) is 15.4. The first-order chi connectivity index (χ1) is 10.0. The second-order valence-corrected chi connectivity index (χ2v) is 4.83. The van der Waals surface area contributed by atoms with Crippen molar-refractivity contribution < 1.29 is 9.72 Å². The molecule has 1 unspecified atom stereocenters. The van der Waals surface area contributed by atoms with Gasteiger partial charge < -0.3 is 15.5 Å². The minimum absolute atomic E-state index is 0.0411. The van der Waals surface area contributed by atoms with Crippen LogP contribution < -0.4 is 10.6 Å². The van der Waals surface area contributed by atoms with Crippen molar-refractivity contribution in [3.63, 3.8) is 0 Å². The molecule has 2 heterocycles. The summed E-state index contributed by atoms with van der Waals surface area (Å²) < 4.78 is 0. The van der Waals surface area contributed by atoms with Crippen LogP contribution in [0, 0.1) is 10.1 Å². The summed E-state index contributed by atoms with van der Waals surface area (Å²) in [5, 5.41) is 16.6. The van der Waals surface area contributed by atoms with Crippen molar-refractivity contribution in [3.8, 4) is 0 Å². The van der Waals surface area contributed by atoms with E-state index in [1.165, 1.54) is 13.4 Å². The molecule has 1 atom stereocenters. The van der Waals surface area contributed by atoms with Crippen molar-refractivity contribution in [2.45, 2.75) is 25.8 Å². The van der Waals surface area contributed by atoms with Gasteiger partial charge in [-0.05, 0) is 19.8 Å². The van der Waals surface area contributed by atoms with Crippen molar-refractivity contribution in [1.29, 1.82) is 0 Å². The third-order valence-corrected chi connectivity index (χ3v) is 3.38. The van der Waals surface area contributed by atoms with Crippen molar-refractivity contribution in [3.05, 3.63) is 16.4 Å². The number of amides is 1. The zero-order valence-electron chi connectivity index (χ0n) is 12.0. The number of aromatic nitrogens is 2. The molecule has 1 saturated heterocycles. The van der Waals surface area contributed by atoms with Crippen LogP contribution in [0.1, 0.15) is 19.8 Å². The maximum Gasteiger partial charge on any atom is 0.353 e. The summed E-state index contributed by atoms with van der Waals surface area (Å²) in [6, 6.07) is -0.582. The minimum Gasteiger partial charge on any atom is -0.367 e. The molecule has 1 amide bonds. The van der Waals surface area contributed by atoms with Gasteiger partial charge in [-0.1, -0.05) is 0 Å². The number of hydrogen-bond donors (Lipinski definition) is 2. The van der Waals surface area contributed by atoms with Gasteiger partial charge in [-0.15, -0.1) is 0 Å². The van der Waals surface area contributed by atoms with Crippen LogP contribution in [0.2, 0.25) is 0 Å². The SMILES string of the molecule is CNc1ncnc(NC(C)C(=O)N2CCCC2)c1[N+](=O)[O-]. The molecule has 9 nitrogen and oxygen atoms in total. The lowest BCUT2D eigenvalue weighted by Gasteiger charge is -2.21. The first-order valence-electron chi connectivity index (χ1n) is 6.77. The van der Waals surface area contributed by atoms with Crippen LogP contribution in [0.25, 0.3) is 0 Å². The average molecular weight is 294 g/mol. The lowest BCUT2D eigenvalue weighted by Crippen LogP contribution is -2.39. The van der Waals surface area contributed by atoms with E-state index in [4.69, 9.17) is 0 Å². The molecule has 1 fully saturated rings. The predicted octanol–water partition coefficient (Wildman–Crippen LogP) is 0.849. The highest BCUT2D eigenvalue weighted by Gasteiger charge is 2.28. The number of carbonyl (C=O) groups excluding carboxylic acids is 1. The number of rotatable bonds is 5. The van der Waals surface area contributed by atoms with Gasteiger partial charge in [-0.2, -0.15) is 0 Å². The number of likely N-dealkylation sites (tertiary alicyclic amines) is 1. The highest BCUT2D eigenvalue weighted by molar-refractivity contribution is 5.85. The van der Waals surface area contributed by atoms with Crippen LogP contribution in [0.3, 0.4) is 0 Å². The van der Waals surface area contributed by atoms with Gasteiger partial charge in [-0.3, -0.25) is 14.9 Å². The van der Waals surface area contributed by atoms with Crippen LogP contribution in [0.5, 0.6) is 0 Å². The van der Waals surface area contributed by atoms with E-state index in [0.717, 1.165) is 25.9 Å². The Morgan fingerprint density at radius 1 is 1.38 bits per heavy atom.